The Bertz CT molecular complexity index is 1050. The number of alkyl halides is 3. The van der Waals surface area contributed by atoms with Crippen LogP contribution in [0.2, 0.25) is 0 Å². The van der Waals surface area contributed by atoms with Crippen LogP contribution < -0.4 is 4.74 Å². The molecule has 0 fully saturated rings. The van der Waals surface area contributed by atoms with Crippen molar-refractivity contribution in [1.82, 2.24) is 9.97 Å². The van der Waals surface area contributed by atoms with Crippen molar-refractivity contribution in [1.29, 1.82) is 0 Å². The molecular weight excluding hydrogens is 619 g/mol. The summed E-state index contributed by atoms with van der Waals surface area (Å²) in [4.78, 5) is 7.79. The fourth-order valence-corrected chi connectivity index (χ4v) is 2.42. The summed E-state index contributed by atoms with van der Waals surface area (Å²) in [6.07, 6.45) is 2.98. The van der Waals surface area contributed by atoms with Crippen LogP contribution in [0, 0.1) is 11.9 Å². The Morgan fingerprint density at radius 1 is 1.10 bits per heavy atom. The van der Waals surface area contributed by atoms with Crippen LogP contribution in [0.4, 0.5) is 17.6 Å². The Morgan fingerprint density at radius 2 is 1.84 bits per heavy atom. The molecule has 1 radical (unpaired) electrons. The molecule has 0 unspecified atom stereocenters. The van der Waals surface area contributed by atoms with E-state index in [1.54, 1.807) is 37.6 Å². The standard InChI is InChI=1S/C12H9FNO.C7H6F3N2O2S.Ir/c1-15-11-6-7-14-12(8-11)9-2-4-10(13)5-3-9;8-7(9,10)15(13,14)12-5-6-3-1-2-4-11-6;/h2,4-8H,1H3;1-4H,5H2;/q2*-1;. The molecule has 12 heteroatoms. The number of pyridine rings is 2. The molecule has 0 amide bonds. The first kappa shape index (κ1) is 26.6. The largest absolute Gasteiger partial charge is 0.536 e. The molecule has 31 heavy (non-hydrogen) atoms. The molecule has 2 aromatic heterocycles. The van der Waals surface area contributed by atoms with Crippen LogP contribution >= 0.6 is 0 Å². The van der Waals surface area contributed by atoms with Gasteiger partial charge >= 0.3 is 5.51 Å². The van der Waals surface area contributed by atoms with Crippen molar-refractivity contribution in [2.45, 2.75) is 12.1 Å². The molecular formula is C19H15F4IrN3O3S-2. The number of benzene rings is 1. The van der Waals surface area contributed by atoms with Crippen molar-refractivity contribution in [3.63, 3.8) is 0 Å². The van der Waals surface area contributed by atoms with Gasteiger partial charge in [-0.15, -0.1) is 29.8 Å². The van der Waals surface area contributed by atoms with Gasteiger partial charge in [0.1, 0.15) is 5.75 Å². The zero-order valence-electron chi connectivity index (χ0n) is 15.8. The van der Waals surface area contributed by atoms with Gasteiger partial charge < -0.3 is 14.4 Å². The molecule has 0 spiro atoms. The number of halogens is 4. The van der Waals surface area contributed by atoms with E-state index in [9.17, 15) is 26.0 Å². The zero-order valence-corrected chi connectivity index (χ0v) is 19.0. The summed E-state index contributed by atoms with van der Waals surface area (Å²) in [5.41, 5.74) is -3.73. The van der Waals surface area contributed by atoms with Crippen LogP contribution in [0.1, 0.15) is 5.69 Å². The molecule has 0 aliphatic rings. The molecule has 0 aliphatic heterocycles. The van der Waals surface area contributed by atoms with Gasteiger partial charge in [-0.2, -0.15) is 13.2 Å². The quantitative estimate of drug-likeness (QED) is 0.306. The van der Waals surface area contributed by atoms with Crippen LogP contribution in [0.3, 0.4) is 0 Å². The number of aromatic nitrogens is 2. The number of nitrogens with zero attached hydrogens (tertiary/aromatic N) is 3. The van der Waals surface area contributed by atoms with Crippen LogP contribution in [0.25, 0.3) is 16.0 Å². The van der Waals surface area contributed by atoms with Crippen molar-refractivity contribution in [3.05, 3.63) is 83.2 Å². The molecule has 6 nitrogen and oxygen atoms in total. The summed E-state index contributed by atoms with van der Waals surface area (Å²) in [6.45, 7) is -0.608. The Morgan fingerprint density at radius 3 is 2.39 bits per heavy atom. The van der Waals surface area contributed by atoms with Gasteiger partial charge in [-0.1, -0.05) is 12.6 Å². The molecule has 1 aromatic carbocycles. The van der Waals surface area contributed by atoms with E-state index in [-0.39, 0.29) is 31.6 Å². The molecule has 169 valence electrons. The Hall–Kier alpha value is -2.40. The molecule has 0 saturated carbocycles. The minimum absolute atomic E-state index is 0. The normalized spacial score (nSPS) is 11.0. The summed E-state index contributed by atoms with van der Waals surface area (Å²) >= 11 is 0. The predicted molar refractivity (Wildman–Crippen MR) is 101 cm³/mol. The smallest absolute Gasteiger partial charge is 0.480 e. The first-order valence-electron chi connectivity index (χ1n) is 8.20. The second kappa shape index (κ2) is 11.8. The van der Waals surface area contributed by atoms with Crippen LogP contribution in [-0.4, -0.2) is 31.0 Å². The fourth-order valence-electron chi connectivity index (χ4n) is 1.97. The molecule has 3 aromatic rings. The minimum Gasteiger partial charge on any atom is -0.536 e. The summed E-state index contributed by atoms with van der Waals surface area (Å²) in [5, 5.41) is 0. The van der Waals surface area contributed by atoms with Crippen molar-refractivity contribution >= 4 is 10.0 Å². The van der Waals surface area contributed by atoms with E-state index >= 15 is 0 Å². The molecule has 0 aliphatic carbocycles. The Kier molecular flexibility index (Phi) is 10.2. The molecule has 0 atom stereocenters. The van der Waals surface area contributed by atoms with E-state index in [2.05, 4.69) is 20.8 Å². The van der Waals surface area contributed by atoms with Gasteiger partial charge in [-0.25, -0.2) is 8.42 Å². The number of hydrogen-bond acceptors (Lipinski definition) is 5. The monoisotopic (exact) mass is 634 g/mol. The summed E-state index contributed by atoms with van der Waals surface area (Å²) < 4.78 is 76.8. The topological polar surface area (TPSA) is 83.2 Å². The van der Waals surface area contributed by atoms with Gasteiger partial charge in [0.2, 0.25) is 0 Å². The van der Waals surface area contributed by atoms with Crippen LogP contribution in [-0.2, 0) is 36.7 Å². The van der Waals surface area contributed by atoms with Gasteiger partial charge in [-0.05, 0) is 30.0 Å². The second-order valence-electron chi connectivity index (χ2n) is 5.53. The van der Waals surface area contributed by atoms with Crippen LogP contribution in [0.5, 0.6) is 5.75 Å². The van der Waals surface area contributed by atoms with E-state index in [0.29, 0.717) is 5.69 Å². The third kappa shape index (κ3) is 8.33. The van der Waals surface area contributed by atoms with E-state index in [4.69, 9.17) is 4.74 Å². The summed E-state index contributed by atoms with van der Waals surface area (Å²) in [6, 6.07) is 15.1. The zero-order chi connectivity index (χ0) is 22.2. The van der Waals surface area contributed by atoms with Gasteiger partial charge in [0.25, 0.3) is 0 Å². The summed E-state index contributed by atoms with van der Waals surface area (Å²) in [5.74, 6) is 0.416. The van der Waals surface area contributed by atoms with Crippen molar-refractivity contribution in [2.75, 3.05) is 7.11 Å². The van der Waals surface area contributed by atoms with Crippen molar-refractivity contribution < 1.29 is 50.8 Å². The van der Waals surface area contributed by atoms with E-state index in [1.165, 1.54) is 30.5 Å². The van der Waals surface area contributed by atoms with Crippen LogP contribution in [0.15, 0.2) is 60.9 Å². The van der Waals surface area contributed by atoms with Gasteiger partial charge in [-0.3, -0.25) is 9.37 Å². The van der Waals surface area contributed by atoms with Crippen molar-refractivity contribution in [3.8, 4) is 17.0 Å². The first-order chi connectivity index (χ1) is 14.1. The molecule has 2 heterocycles. The second-order valence-corrected chi connectivity index (χ2v) is 7.20. The first-order valence-corrected chi connectivity index (χ1v) is 9.64. The average Bonchev–Trinajstić information content (AvgIpc) is 2.73. The fraction of sp³-hybridized carbons (Fsp3) is 0.158. The van der Waals surface area contributed by atoms with Gasteiger partial charge in [0.15, 0.2) is 10.0 Å². The third-order valence-corrected chi connectivity index (χ3v) is 4.49. The maximum atomic E-state index is 12.7. The molecule has 0 bridgehead atoms. The van der Waals surface area contributed by atoms with Gasteiger partial charge in [0, 0.05) is 44.0 Å². The Balaban J connectivity index is 0.000000300. The molecule has 0 N–H and O–H groups in total. The minimum atomic E-state index is -5.41. The maximum Gasteiger partial charge on any atom is 0.480 e. The maximum absolute atomic E-state index is 12.7. The van der Waals surface area contributed by atoms with E-state index < -0.39 is 22.1 Å². The molecule has 0 saturated heterocycles. The predicted octanol–water partition coefficient (Wildman–Crippen LogP) is 4.50. The number of ether oxygens (including phenoxy) is 1. The molecule has 3 rings (SSSR count). The summed E-state index contributed by atoms with van der Waals surface area (Å²) in [7, 11) is -3.82. The van der Waals surface area contributed by atoms with Gasteiger partial charge in [0.05, 0.1) is 7.11 Å². The van der Waals surface area contributed by atoms with E-state index in [0.717, 1.165) is 11.3 Å². The number of methoxy groups -OCH3 is 1. The average molecular weight is 634 g/mol. The van der Waals surface area contributed by atoms with E-state index in [1.807, 2.05) is 0 Å². The SMILES string of the molecule is COc1ccnc(-c2[c-]cc(F)cc2)c1.O=S(=O)([N-]Cc1ccccn1)C(F)(F)F.[Ir]. The third-order valence-electron chi connectivity index (χ3n) is 3.43. The number of sulfonamides is 1. The van der Waals surface area contributed by atoms with Crippen molar-refractivity contribution in [2.24, 2.45) is 0 Å². The Labute approximate surface area is 190 Å². The number of hydrogen-bond donors (Lipinski definition) is 0. The number of rotatable bonds is 5.